The van der Waals surface area contributed by atoms with Gasteiger partial charge in [-0.15, -0.1) is 0 Å². The normalized spacial score (nSPS) is 11.1. The summed E-state index contributed by atoms with van der Waals surface area (Å²) in [5.74, 6) is -0.712. The third kappa shape index (κ3) is 3.86. The number of benzene rings is 2. The van der Waals surface area contributed by atoms with Gasteiger partial charge in [0, 0.05) is 0 Å². The predicted molar refractivity (Wildman–Crippen MR) is 91.1 cm³/mol. The first-order valence-electron chi connectivity index (χ1n) is 7.21. The van der Waals surface area contributed by atoms with Crippen molar-refractivity contribution in [2.24, 2.45) is 0 Å². The molecule has 0 bridgehead atoms. The van der Waals surface area contributed by atoms with Gasteiger partial charge in [0.2, 0.25) is 0 Å². The molecule has 0 atom stereocenters. The second-order valence-electron chi connectivity index (χ2n) is 5.43. The molecule has 0 radical (unpaired) electrons. The zero-order chi connectivity index (χ0) is 17.9. The molecule has 0 unspecified atom stereocenters. The van der Waals surface area contributed by atoms with E-state index in [-0.39, 0.29) is 4.90 Å². The minimum atomic E-state index is -4.01. The molecule has 128 valence electrons. The van der Waals surface area contributed by atoms with E-state index in [1.54, 1.807) is 12.1 Å². The van der Waals surface area contributed by atoms with Crippen molar-refractivity contribution in [1.29, 1.82) is 0 Å². The summed E-state index contributed by atoms with van der Waals surface area (Å²) in [7, 11) is -2.53. The molecule has 2 aromatic rings. The van der Waals surface area contributed by atoms with Gasteiger partial charge in [0.1, 0.15) is 12.3 Å². The summed E-state index contributed by atoms with van der Waals surface area (Å²) in [5, 5.41) is 9.15. The first-order chi connectivity index (χ1) is 11.2. The topological polar surface area (TPSA) is 83.9 Å². The molecule has 0 spiro atoms. The maximum Gasteiger partial charge on any atom is 0.324 e. The van der Waals surface area contributed by atoms with E-state index in [0.29, 0.717) is 11.4 Å². The third-order valence-electron chi connectivity index (χ3n) is 3.42. The van der Waals surface area contributed by atoms with Crippen LogP contribution in [0.25, 0.3) is 0 Å². The summed E-state index contributed by atoms with van der Waals surface area (Å²) in [6.45, 7) is 3.00. The second kappa shape index (κ2) is 6.92. The quantitative estimate of drug-likeness (QED) is 0.866. The monoisotopic (exact) mass is 349 g/mol. The number of methoxy groups -OCH3 is 1. The van der Waals surface area contributed by atoms with Crippen LogP contribution in [-0.4, -0.2) is 33.1 Å². The Morgan fingerprint density at radius 3 is 2.08 bits per heavy atom. The molecule has 0 amide bonds. The molecule has 0 aliphatic heterocycles. The fourth-order valence-corrected chi connectivity index (χ4v) is 3.81. The zero-order valence-electron chi connectivity index (χ0n) is 13.7. The smallest absolute Gasteiger partial charge is 0.324 e. The largest absolute Gasteiger partial charge is 0.497 e. The van der Waals surface area contributed by atoms with Gasteiger partial charge in [0.15, 0.2) is 0 Å². The standard InChI is InChI=1S/C17H19NO5S/c1-12-8-13(2)10-14(9-12)18(11-17(19)20)24(21,22)16-6-4-15(23-3)5-7-16/h4-10H,11H2,1-3H3,(H,19,20). The summed E-state index contributed by atoms with van der Waals surface area (Å²) in [6, 6.07) is 11.0. The number of carboxylic acids is 1. The lowest BCUT2D eigenvalue weighted by Crippen LogP contribution is -2.35. The second-order valence-corrected chi connectivity index (χ2v) is 7.29. The Morgan fingerprint density at radius 1 is 1.08 bits per heavy atom. The minimum Gasteiger partial charge on any atom is -0.497 e. The molecule has 0 heterocycles. The average molecular weight is 349 g/mol. The third-order valence-corrected chi connectivity index (χ3v) is 5.21. The SMILES string of the molecule is COc1ccc(S(=O)(=O)N(CC(=O)O)c2cc(C)cc(C)c2)cc1. The van der Waals surface area contributed by atoms with Gasteiger partial charge < -0.3 is 9.84 Å². The van der Waals surface area contributed by atoms with Gasteiger partial charge in [-0.25, -0.2) is 8.42 Å². The highest BCUT2D eigenvalue weighted by Crippen LogP contribution is 2.26. The van der Waals surface area contributed by atoms with E-state index in [1.165, 1.54) is 31.4 Å². The lowest BCUT2D eigenvalue weighted by molar-refractivity contribution is -0.135. The van der Waals surface area contributed by atoms with Gasteiger partial charge in [-0.2, -0.15) is 0 Å². The summed E-state index contributed by atoms with van der Waals surface area (Å²) in [4.78, 5) is 11.2. The van der Waals surface area contributed by atoms with Gasteiger partial charge in [-0.1, -0.05) is 6.07 Å². The number of aryl methyl sites for hydroxylation is 2. The Balaban J connectivity index is 2.54. The lowest BCUT2D eigenvalue weighted by Gasteiger charge is -2.23. The number of carbonyl (C=O) groups is 1. The number of ether oxygens (including phenoxy) is 1. The number of hydrogen-bond donors (Lipinski definition) is 1. The molecule has 0 fully saturated rings. The van der Waals surface area contributed by atoms with E-state index in [0.717, 1.165) is 15.4 Å². The molecule has 24 heavy (non-hydrogen) atoms. The Bertz CT molecular complexity index is 824. The van der Waals surface area contributed by atoms with Crippen LogP contribution in [0.2, 0.25) is 0 Å². The van der Waals surface area contributed by atoms with Crippen molar-refractivity contribution in [1.82, 2.24) is 0 Å². The highest BCUT2D eigenvalue weighted by molar-refractivity contribution is 7.92. The predicted octanol–water partition coefficient (Wildman–Crippen LogP) is 2.59. The van der Waals surface area contributed by atoms with Crippen LogP contribution >= 0.6 is 0 Å². The van der Waals surface area contributed by atoms with Crippen LogP contribution in [0.5, 0.6) is 5.75 Å². The molecule has 0 aliphatic rings. The first kappa shape index (κ1) is 17.8. The van der Waals surface area contributed by atoms with Crippen molar-refractivity contribution in [2.75, 3.05) is 18.0 Å². The lowest BCUT2D eigenvalue weighted by atomic mass is 10.1. The molecule has 7 heteroatoms. The first-order valence-corrected chi connectivity index (χ1v) is 8.65. The molecule has 6 nitrogen and oxygen atoms in total. The van der Waals surface area contributed by atoms with Gasteiger partial charge >= 0.3 is 5.97 Å². The van der Waals surface area contributed by atoms with E-state index >= 15 is 0 Å². The van der Waals surface area contributed by atoms with Gasteiger partial charge in [0.25, 0.3) is 10.0 Å². The number of aliphatic carboxylic acids is 1. The molecule has 0 aromatic heterocycles. The Morgan fingerprint density at radius 2 is 1.62 bits per heavy atom. The van der Waals surface area contributed by atoms with E-state index < -0.39 is 22.5 Å². The molecule has 0 saturated heterocycles. The molecule has 2 aromatic carbocycles. The Kier molecular flexibility index (Phi) is 5.14. The summed E-state index contributed by atoms with van der Waals surface area (Å²) < 4.78 is 31.7. The molecular weight excluding hydrogens is 330 g/mol. The van der Waals surface area contributed by atoms with Crippen LogP contribution in [0.1, 0.15) is 11.1 Å². The fourth-order valence-electron chi connectivity index (χ4n) is 2.41. The number of anilines is 1. The van der Waals surface area contributed by atoms with Gasteiger partial charge in [0.05, 0.1) is 17.7 Å². The van der Waals surface area contributed by atoms with E-state index in [2.05, 4.69) is 0 Å². The van der Waals surface area contributed by atoms with Crippen LogP contribution in [0.4, 0.5) is 5.69 Å². The van der Waals surface area contributed by atoms with Crippen molar-refractivity contribution in [3.05, 3.63) is 53.6 Å². The van der Waals surface area contributed by atoms with Crippen molar-refractivity contribution in [2.45, 2.75) is 18.7 Å². The van der Waals surface area contributed by atoms with Gasteiger partial charge in [-0.3, -0.25) is 9.10 Å². The number of carboxylic acid groups (broad SMARTS) is 1. The van der Waals surface area contributed by atoms with Crippen LogP contribution in [-0.2, 0) is 14.8 Å². The molecule has 0 aliphatic carbocycles. The Hall–Kier alpha value is -2.54. The van der Waals surface area contributed by atoms with Crippen LogP contribution in [0, 0.1) is 13.8 Å². The number of sulfonamides is 1. The van der Waals surface area contributed by atoms with Crippen molar-refractivity contribution < 1.29 is 23.1 Å². The Labute approximate surface area is 141 Å². The van der Waals surface area contributed by atoms with Crippen molar-refractivity contribution >= 4 is 21.7 Å². The molecule has 1 N–H and O–H groups in total. The van der Waals surface area contributed by atoms with E-state index in [1.807, 2.05) is 19.9 Å². The summed E-state index contributed by atoms with van der Waals surface area (Å²) in [5.41, 5.74) is 2.03. The maximum absolute atomic E-state index is 12.9. The molecule has 0 saturated carbocycles. The highest BCUT2D eigenvalue weighted by atomic mass is 32.2. The molecule has 2 rings (SSSR count). The highest BCUT2D eigenvalue weighted by Gasteiger charge is 2.27. The summed E-state index contributed by atoms with van der Waals surface area (Å²) in [6.07, 6.45) is 0. The van der Waals surface area contributed by atoms with Crippen molar-refractivity contribution in [3.8, 4) is 5.75 Å². The van der Waals surface area contributed by atoms with E-state index in [4.69, 9.17) is 9.84 Å². The van der Waals surface area contributed by atoms with Crippen LogP contribution in [0.15, 0.2) is 47.4 Å². The van der Waals surface area contributed by atoms with Crippen LogP contribution in [0.3, 0.4) is 0 Å². The fraction of sp³-hybridized carbons (Fsp3) is 0.235. The number of nitrogens with zero attached hydrogens (tertiary/aromatic N) is 1. The molecular formula is C17H19NO5S. The summed E-state index contributed by atoms with van der Waals surface area (Å²) >= 11 is 0. The zero-order valence-corrected chi connectivity index (χ0v) is 14.5. The average Bonchev–Trinajstić information content (AvgIpc) is 2.51. The maximum atomic E-state index is 12.9. The van der Waals surface area contributed by atoms with Crippen LogP contribution < -0.4 is 9.04 Å². The van der Waals surface area contributed by atoms with Crippen molar-refractivity contribution in [3.63, 3.8) is 0 Å². The number of rotatable bonds is 6. The number of hydrogen-bond acceptors (Lipinski definition) is 4. The van der Waals surface area contributed by atoms with Gasteiger partial charge in [-0.05, 0) is 61.4 Å². The minimum absolute atomic E-state index is 0.00343. The van der Waals surface area contributed by atoms with E-state index in [9.17, 15) is 13.2 Å².